The molecular formula is C15H24N2. The lowest BCUT2D eigenvalue weighted by Gasteiger charge is -2.30. The summed E-state index contributed by atoms with van der Waals surface area (Å²) in [5.41, 5.74) is 4.36. The van der Waals surface area contributed by atoms with E-state index in [1.165, 1.54) is 23.2 Å². The summed E-state index contributed by atoms with van der Waals surface area (Å²) >= 11 is 0. The summed E-state index contributed by atoms with van der Waals surface area (Å²) in [6.07, 6.45) is 1.22. The topological polar surface area (TPSA) is 24.1 Å². The van der Waals surface area contributed by atoms with Crippen LogP contribution in [-0.4, -0.2) is 18.6 Å². The van der Waals surface area contributed by atoms with Crippen LogP contribution in [0.5, 0.6) is 0 Å². The Morgan fingerprint density at radius 2 is 2.12 bits per heavy atom. The molecule has 2 nitrogen and oxygen atoms in total. The highest BCUT2D eigenvalue weighted by molar-refractivity contribution is 5.56. The number of aryl methyl sites for hydroxylation is 1. The molecule has 0 saturated heterocycles. The fourth-order valence-corrected chi connectivity index (χ4v) is 2.36. The first-order valence-corrected chi connectivity index (χ1v) is 6.55. The van der Waals surface area contributed by atoms with Crippen molar-refractivity contribution in [2.24, 2.45) is 0 Å². The van der Waals surface area contributed by atoms with Gasteiger partial charge in [0.05, 0.1) is 0 Å². The maximum atomic E-state index is 3.62. The van der Waals surface area contributed by atoms with E-state index in [-0.39, 0.29) is 5.54 Å². The van der Waals surface area contributed by atoms with Gasteiger partial charge in [-0.1, -0.05) is 17.7 Å². The molecule has 0 aliphatic carbocycles. The van der Waals surface area contributed by atoms with E-state index in [0.29, 0.717) is 5.92 Å². The molecule has 0 aromatic heterocycles. The van der Waals surface area contributed by atoms with Crippen LogP contribution in [0, 0.1) is 6.92 Å². The molecule has 0 spiro atoms. The van der Waals surface area contributed by atoms with Crippen molar-refractivity contribution in [3.8, 4) is 0 Å². The van der Waals surface area contributed by atoms with Crippen molar-refractivity contribution in [2.75, 3.05) is 18.4 Å². The predicted octanol–water partition coefficient (Wildman–Crippen LogP) is 3.28. The molecule has 2 heteroatoms. The standard InChI is InChI=1S/C15H24N2/c1-11-5-6-14-13(9-11)12(7-8-16-14)10-17-15(2,3)4/h5-6,9,12,16-17H,7-8,10H2,1-4H3. The Hall–Kier alpha value is -1.02. The number of fused-ring (bicyclic) bond motifs is 1. The summed E-state index contributed by atoms with van der Waals surface area (Å²) < 4.78 is 0. The SMILES string of the molecule is Cc1ccc2c(c1)C(CNC(C)(C)C)CCN2. The van der Waals surface area contributed by atoms with E-state index in [4.69, 9.17) is 0 Å². The van der Waals surface area contributed by atoms with Gasteiger partial charge in [0.2, 0.25) is 0 Å². The first-order valence-electron chi connectivity index (χ1n) is 6.55. The average Bonchev–Trinajstić information content (AvgIpc) is 2.25. The second-order valence-corrected chi connectivity index (χ2v) is 6.13. The van der Waals surface area contributed by atoms with E-state index >= 15 is 0 Å². The maximum absolute atomic E-state index is 3.62. The van der Waals surface area contributed by atoms with Gasteiger partial charge in [-0.3, -0.25) is 0 Å². The lowest BCUT2D eigenvalue weighted by Crippen LogP contribution is -2.39. The van der Waals surface area contributed by atoms with Gasteiger partial charge in [-0.15, -0.1) is 0 Å². The summed E-state index contributed by atoms with van der Waals surface area (Å²) in [5.74, 6) is 0.644. The van der Waals surface area contributed by atoms with Gasteiger partial charge in [0.25, 0.3) is 0 Å². The van der Waals surface area contributed by atoms with Gasteiger partial charge >= 0.3 is 0 Å². The third-order valence-corrected chi connectivity index (χ3v) is 3.33. The highest BCUT2D eigenvalue weighted by atomic mass is 15.0. The first kappa shape index (κ1) is 12.4. The van der Waals surface area contributed by atoms with Gasteiger partial charge in [0.15, 0.2) is 0 Å². The number of anilines is 1. The van der Waals surface area contributed by atoms with Gasteiger partial charge < -0.3 is 10.6 Å². The van der Waals surface area contributed by atoms with Crippen LogP contribution in [0.1, 0.15) is 44.2 Å². The van der Waals surface area contributed by atoms with Crippen molar-refractivity contribution < 1.29 is 0 Å². The zero-order valence-corrected chi connectivity index (χ0v) is 11.4. The quantitative estimate of drug-likeness (QED) is 0.817. The lowest BCUT2D eigenvalue weighted by molar-refractivity contribution is 0.399. The van der Waals surface area contributed by atoms with Crippen LogP contribution in [0.3, 0.4) is 0 Å². The lowest BCUT2D eigenvalue weighted by atomic mass is 9.89. The van der Waals surface area contributed by atoms with Crippen molar-refractivity contribution >= 4 is 5.69 Å². The smallest absolute Gasteiger partial charge is 0.0376 e. The Bertz CT molecular complexity index is 390. The van der Waals surface area contributed by atoms with E-state index in [2.05, 4.69) is 56.5 Å². The third kappa shape index (κ3) is 3.22. The highest BCUT2D eigenvalue weighted by Gasteiger charge is 2.21. The van der Waals surface area contributed by atoms with Gasteiger partial charge in [-0.05, 0) is 45.7 Å². The maximum Gasteiger partial charge on any atom is 0.0376 e. The molecular weight excluding hydrogens is 208 g/mol. The minimum absolute atomic E-state index is 0.203. The molecule has 94 valence electrons. The Morgan fingerprint density at radius 1 is 1.35 bits per heavy atom. The Morgan fingerprint density at radius 3 is 2.82 bits per heavy atom. The van der Waals surface area contributed by atoms with Crippen molar-refractivity contribution in [3.63, 3.8) is 0 Å². The van der Waals surface area contributed by atoms with Crippen LogP contribution in [0.15, 0.2) is 18.2 Å². The first-order chi connectivity index (χ1) is 7.96. The summed E-state index contributed by atoms with van der Waals surface area (Å²) in [4.78, 5) is 0. The van der Waals surface area contributed by atoms with E-state index in [0.717, 1.165) is 13.1 Å². The van der Waals surface area contributed by atoms with Crippen molar-refractivity contribution in [2.45, 2.75) is 45.6 Å². The van der Waals surface area contributed by atoms with Crippen LogP contribution in [-0.2, 0) is 0 Å². The molecule has 0 radical (unpaired) electrons. The fraction of sp³-hybridized carbons (Fsp3) is 0.600. The number of nitrogens with one attached hydrogen (secondary N) is 2. The molecule has 0 amide bonds. The summed E-state index contributed by atoms with van der Waals surface area (Å²) in [7, 11) is 0. The highest BCUT2D eigenvalue weighted by Crippen LogP contribution is 2.32. The Kier molecular flexibility index (Phi) is 3.43. The number of rotatable bonds is 2. The van der Waals surface area contributed by atoms with E-state index < -0.39 is 0 Å². The molecule has 2 rings (SSSR count). The van der Waals surface area contributed by atoms with E-state index in [9.17, 15) is 0 Å². The summed E-state index contributed by atoms with van der Waals surface area (Å²) in [6, 6.07) is 6.73. The van der Waals surface area contributed by atoms with E-state index in [1.807, 2.05) is 0 Å². The molecule has 1 aliphatic rings. The number of hydrogen-bond donors (Lipinski definition) is 2. The van der Waals surface area contributed by atoms with Crippen LogP contribution < -0.4 is 10.6 Å². The predicted molar refractivity (Wildman–Crippen MR) is 74.8 cm³/mol. The van der Waals surface area contributed by atoms with Crippen LogP contribution in [0.4, 0.5) is 5.69 Å². The molecule has 1 unspecified atom stereocenters. The normalized spacial score (nSPS) is 19.6. The zero-order valence-electron chi connectivity index (χ0n) is 11.4. The molecule has 0 saturated carbocycles. The Labute approximate surface area is 105 Å². The molecule has 2 N–H and O–H groups in total. The van der Waals surface area contributed by atoms with Gasteiger partial charge in [0, 0.05) is 30.2 Å². The van der Waals surface area contributed by atoms with Crippen LogP contribution >= 0.6 is 0 Å². The number of benzene rings is 1. The minimum atomic E-state index is 0.203. The molecule has 0 fully saturated rings. The van der Waals surface area contributed by atoms with Crippen LogP contribution in [0.2, 0.25) is 0 Å². The second kappa shape index (κ2) is 4.69. The fourth-order valence-electron chi connectivity index (χ4n) is 2.36. The van der Waals surface area contributed by atoms with Crippen molar-refractivity contribution in [3.05, 3.63) is 29.3 Å². The molecule has 0 bridgehead atoms. The second-order valence-electron chi connectivity index (χ2n) is 6.13. The molecule has 17 heavy (non-hydrogen) atoms. The minimum Gasteiger partial charge on any atom is -0.385 e. The van der Waals surface area contributed by atoms with Gasteiger partial charge in [0.1, 0.15) is 0 Å². The molecule has 1 heterocycles. The van der Waals surface area contributed by atoms with Gasteiger partial charge in [-0.25, -0.2) is 0 Å². The largest absolute Gasteiger partial charge is 0.385 e. The Balaban J connectivity index is 2.14. The van der Waals surface area contributed by atoms with Crippen molar-refractivity contribution in [1.82, 2.24) is 5.32 Å². The monoisotopic (exact) mass is 232 g/mol. The van der Waals surface area contributed by atoms with Crippen molar-refractivity contribution in [1.29, 1.82) is 0 Å². The van der Waals surface area contributed by atoms with Crippen LogP contribution in [0.25, 0.3) is 0 Å². The van der Waals surface area contributed by atoms with Gasteiger partial charge in [-0.2, -0.15) is 0 Å². The summed E-state index contributed by atoms with van der Waals surface area (Å²) in [6.45, 7) is 11.0. The molecule has 1 atom stereocenters. The average molecular weight is 232 g/mol. The molecule has 1 aromatic rings. The van der Waals surface area contributed by atoms with E-state index in [1.54, 1.807) is 0 Å². The summed E-state index contributed by atoms with van der Waals surface area (Å²) in [5, 5.41) is 7.11. The molecule has 1 aliphatic heterocycles. The zero-order chi connectivity index (χ0) is 12.5. The number of hydrogen-bond acceptors (Lipinski definition) is 2. The molecule has 1 aromatic carbocycles. The third-order valence-electron chi connectivity index (χ3n) is 3.33.